The van der Waals surface area contributed by atoms with Gasteiger partial charge >= 0.3 is 0 Å². The van der Waals surface area contributed by atoms with Crippen LogP contribution in [0.15, 0.2) is 30.3 Å². The molecule has 134 valence electrons. The van der Waals surface area contributed by atoms with Crippen molar-refractivity contribution in [1.82, 2.24) is 4.90 Å². The third kappa shape index (κ3) is 4.60. The molecule has 2 amide bonds. The number of hydrogen-bond acceptors (Lipinski definition) is 4. The van der Waals surface area contributed by atoms with Gasteiger partial charge in [-0.3, -0.25) is 9.59 Å². The molecule has 2 unspecified atom stereocenters. The van der Waals surface area contributed by atoms with E-state index in [9.17, 15) is 9.59 Å². The Kier molecular flexibility index (Phi) is 5.71. The lowest BCUT2D eigenvalue weighted by Gasteiger charge is -2.43. The van der Waals surface area contributed by atoms with Crippen LogP contribution in [0.3, 0.4) is 0 Å². The summed E-state index contributed by atoms with van der Waals surface area (Å²) in [6.45, 7) is 1.13. The standard InChI is InChI=1S/C19H24N2O4/c20-18(22)13-25-15-8-5-14(6-9-15)7-10-19(23)21-11-12-24-17-4-2-1-3-16(17)21/h5-10,16-17H,1-4,11-13H2,(H2,20,22)/b10-7+. The summed E-state index contributed by atoms with van der Waals surface area (Å²) in [5.41, 5.74) is 5.94. The second kappa shape index (κ2) is 8.16. The summed E-state index contributed by atoms with van der Waals surface area (Å²) in [5, 5.41) is 0. The molecule has 1 aliphatic carbocycles. The molecule has 1 saturated carbocycles. The molecule has 3 rings (SSSR count). The van der Waals surface area contributed by atoms with Crippen LogP contribution in [0, 0.1) is 0 Å². The van der Waals surface area contributed by atoms with Gasteiger partial charge in [0, 0.05) is 12.6 Å². The minimum absolute atomic E-state index is 0.0363. The van der Waals surface area contributed by atoms with E-state index >= 15 is 0 Å². The highest BCUT2D eigenvalue weighted by Gasteiger charge is 2.35. The molecule has 25 heavy (non-hydrogen) atoms. The van der Waals surface area contributed by atoms with Gasteiger partial charge in [0.05, 0.1) is 18.8 Å². The molecule has 1 aromatic carbocycles. The zero-order valence-corrected chi connectivity index (χ0v) is 14.2. The van der Waals surface area contributed by atoms with Crippen molar-refractivity contribution in [1.29, 1.82) is 0 Å². The molecule has 2 atom stereocenters. The Balaban J connectivity index is 1.59. The zero-order valence-electron chi connectivity index (χ0n) is 14.2. The number of rotatable bonds is 5. The van der Waals surface area contributed by atoms with Crippen molar-refractivity contribution in [3.05, 3.63) is 35.9 Å². The Morgan fingerprint density at radius 3 is 2.76 bits per heavy atom. The van der Waals surface area contributed by atoms with Gasteiger partial charge in [-0.05, 0) is 36.6 Å². The number of ether oxygens (including phenoxy) is 2. The van der Waals surface area contributed by atoms with Crippen LogP contribution in [0.1, 0.15) is 31.2 Å². The molecule has 6 nitrogen and oxygen atoms in total. The normalized spacial score (nSPS) is 23.3. The topological polar surface area (TPSA) is 81.9 Å². The van der Waals surface area contributed by atoms with Gasteiger partial charge in [0.2, 0.25) is 5.91 Å². The fraction of sp³-hybridized carbons (Fsp3) is 0.474. The van der Waals surface area contributed by atoms with Gasteiger partial charge in [-0.15, -0.1) is 0 Å². The average Bonchev–Trinajstić information content (AvgIpc) is 2.64. The summed E-state index contributed by atoms with van der Waals surface area (Å²) in [6.07, 6.45) is 8.03. The highest BCUT2D eigenvalue weighted by Crippen LogP contribution is 2.28. The minimum atomic E-state index is -0.513. The van der Waals surface area contributed by atoms with E-state index in [0.29, 0.717) is 18.9 Å². The Bertz CT molecular complexity index is 639. The zero-order chi connectivity index (χ0) is 17.6. The molecule has 0 bridgehead atoms. The van der Waals surface area contributed by atoms with E-state index in [-0.39, 0.29) is 24.7 Å². The van der Waals surface area contributed by atoms with Crippen molar-refractivity contribution in [3.8, 4) is 5.75 Å². The van der Waals surface area contributed by atoms with Crippen LogP contribution in [0.2, 0.25) is 0 Å². The molecule has 6 heteroatoms. The molecule has 1 heterocycles. The summed E-state index contributed by atoms with van der Waals surface area (Å²) >= 11 is 0. The maximum atomic E-state index is 12.6. The SMILES string of the molecule is NC(=O)COc1ccc(/C=C/C(=O)N2CCOC3CCCCC32)cc1. The highest BCUT2D eigenvalue weighted by atomic mass is 16.5. The molecule has 2 N–H and O–H groups in total. The highest BCUT2D eigenvalue weighted by molar-refractivity contribution is 5.92. The number of benzene rings is 1. The lowest BCUT2D eigenvalue weighted by atomic mass is 9.90. The van der Waals surface area contributed by atoms with E-state index < -0.39 is 5.91 Å². The van der Waals surface area contributed by atoms with Crippen LogP contribution in [-0.4, -0.2) is 48.6 Å². The average molecular weight is 344 g/mol. The number of carbonyl (C=O) groups excluding carboxylic acids is 2. The first-order valence-corrected chi connectivity index (χ1v) is 8.75. The first-order valence-electron chi connectivity index (χ1n) is 8.75. The number of fused-ring (bicyclic) bond motifs is 1. The maximum Gasteiger partial charge on any atom is 0.255 e. The molecule has 2 aliphatic rings. The van der Waals surface area contributed by atoms with Crippen molar-refractivity contribution in [3.63, 3.8) is 0 Å². The van der Waals surface area contributed by atoms with Crippen molar-refractivity contribution in [2.45, 2.75) is 37.8 Å². The lowest BCUT2D eigenvalue weighted by molar-refractivity contribution is -0.144. The van der Waals surface area contributed by atoms with Gasteiger partial charge in [-0.1, -0.05) is 25.0 Å². The number of primary amides is 1. The molecule has 0 radical (unpaired) electrons. The smallest absolute Gasteiger partial charge is 0.255 e. The quantitative estimate of drug-likeness (QED) is 0.825. The number of nitrogens with two attached hydrogens (primary N) is 1. The number of nitrogens with zero attached hydrogens (tertiary/aromatic N) is 1. The molecular formula is C19H24N2O4. The molecule has 0 aromatic heterocycles. The van der Waals surface area contributed by atoms with Crippen LogP contribution in [-0.2, 0) is 14.3 Å². The Morgan fingerprint density at radius 2 is 2.00 bits per heavy atom. The molecule has 1 aromatic rings. The summed E-state index contributed by atoms with van der Waals surface area (Å²) < 4.78 is 11.0. The molecule has 1 saturated heterocycles. The molecule has 1 aliphatic heterocycles. The fourth-order valence-corrected chi connectivity index (χ4v) is 3.46. The van der Waals surface area contributed by atoms with Crippen molar-refractivity contribution in [2.75, 3.05) is 19.8 Å². The third-order valence-electron chi connectivity index (χ3n) is 4.69. The summed E-state index contributed by atoms with van der Waals surface area (Å²) in [4.78, 5) is 25.2. The second-order valence-electron chi connectivity index (χ2n) is 6.45. The Labute approximate surface area is 147 Å². The fourth-order valence-electron chi connectivity index (χ4n) is 3.46. The van der Waals surface area contributed by atoms with E-state index in [0.717, 1.165) is 24.8 Å². The Hall–Kier alpha value is -2.34. The first-order chi connectivity index (χ1) is 12.1. The number of morpholine rings is 1. The van der Waals surface area contributed by atoms with Gasteiger partial charge < -0.3 is 20.1 Å². The predicted octanol–water partition coefficient (Wildman–Crippen LogP) is 1.73. The van der Waals surface area contributed by atoms with Crippen LogP contribution in [0.25, 0.3) is 6.08 Å². The van der Waals surface area contributed by atoms with Gasteiger partial charge in [0.15, 0.2) is 6.61 Å². The van der Waals surface area contributed by atoms with E-state index in [4.69, 9.17) is 15.2 Å². The third-order valence-corrected chi connectivity index (χ3v) is 4.69. The van der Waals surface area contributed by atoms with E-state index in [2.05, 4.69) is 0 Å². The number of carbonyl (C=O) groups is 2. The van der Waals surface area contributed by atoms with Gasteiger partial charge in [-0.25, -0.2) is 0 Å². The van der Waals surface area contributed by atoms with Crippen LogP contribution in [0.5, 0.6) is 5.75 Å². The predicted molar refractivity (Wildman–Crippen MR) is 93.9 cm³/mol. The van der Waals surface area contributed by atoms with Crippen molar-refractivity contribution >= 4 is 17.9 Å². The van der Waals surface area contributed by atoms with Crippen molar-refractivity contribution in [2.24, 2.45) is 5.73 Å². The molecular weight excluding hydrogens is 320 g/mol. The van der Waals surface area contributed by atoms with Gasteiger partial charge in [-0.2, -0.15) is 0 Å². The summed E-state index contributed by atoms with van der Waals surface area (Å²) in [6, 6.07) is 7.38. The molecule has 0 spiro atoms. The van der Waals surface area contributed by atoms with Gasteiger partial charge in [0.25, 0.3) is 5.91 Å². The van der Waals surface area contributed by atoms with Crippen LogP contribution < -0.4 is 10.5 Å². The summed E-state index contributed by atoms with van der Waals surface area (Å²) in [5.74, 6) is 0.0934. The van der Waals surface area contributed by atoms with E-state index in [1.165, 1.54) is 6.42 Å². The largest absolute Gasteiger partial charge is 0.484 e. The first kappa shape index (κ1) is 17.5. The molecule has 2 fully saturated rings. The summed E-state index contributed by atoms with van der Waals surface area (Å²) in [7, 11) is 0. The monoisotopic (exact) mass is 344 g/mol. The maximum absolute atomic E-state index is 12.6. The van der Waals surface area contributed by atoms with Crippen molar-refractivity contribution < 1.29 is 19.1 Å². The van der Waals surface area contributed by atoms with Crippen LogP contribution >= 0.6 is 0 Å². The van der Waals surface area contributed by atoms with Crippen LogP contribution in [0.4, 0.5) is 0 Å². The lowest BCUT2D eigenvalue weighted by Crippen LogP contribution is -2.54. The Morgan fingerprint density at radius 1 is 1.24 bits per heavy atom. The second-order valence-corrected chi connectivity index (χ2v) is 6.45. The van der Waals surface area contributed by atoms with Gasteiger partial charge in [0.1, 0.15) is 5.75 Å². The van der Waals surface area contributed by atoms with E-state index in [1.807, 2.05) is 17.0 Å². The van der Waals surface area contributed by atoms with E-state index in [1.54, 1.807) is 24.3 Å². The number of hydrogen-bond donors (Lipinski definition) is 1. The number of amides is 2. The minimum Gasteiger partial charge on any atom is -0.484 e.